The number of ether oxygens (including phenoxy) is 1. The van der Waals surface area contributed by atoms with E-state index in [1.54, 1.807) is 11.9 Å². The number of hydrogen-bond acceptors (Lipinski definition) is 3. The van der Waals surface area contributed by atoms with Crippen molar-refractivity contribution in [3.63, 3.8) is 0 Å². The van der Waals surface area contributed by atoms with E-state index in [0.717, 1.165) is 25.8 Å². The zero-order valence-electron chi connectivity index (χ0n) is 8.87. The summed E-state index contributed by atoms with van der Waals surface area (Å²) < 4.78 is 5.42. The monoisotopic (exact) mass is 200 g/mol. The molecular formula is C10H20N2O2. The fourth-order valence-corrected chi connectivity index (χ4v) is 1.29. The Kier molecular flexibility index (Phi) is 4.90. The van der Waals surface area contributed by atoms with Crippen molar-refractivity contribution in [2.24, 2.45) is 5.73 Å². The Morgan fingerprint density at radius 2 is 2.29 bits per heavy atom. The Hall–Kier alpha value is -0.610. The summed E-state index contributed by atoms with van der Waals surface area (Å²) in [6.45, 7) is 1.58. The maximum absolute atomic E-state index is 11.5. The Labute approximate surface area is 85.4 Å². The van der Waals surface area contributed by atoms with Gasteiger partial charge in [-0.3, -0.25) is 4.79 Å². The first-order valence-electron chi connectivity index (χ1n) is 5.29. The van der Waals surface area contributed by atoms with Gasteiger partial charge < -0.3 is 15.4 Å². The van der Waals surface area contributed by atoms with Crippen molar-refractivity contribution in [3.05, 3.63) is 0 Å². The molecule has 0 aromatic rings. The van der Waals surface area contributed by atoms with Gasteiger partial charge in [-0.15, -0.1) is 0 Å². The highest BCUT2D eigenvalue weighted by molar-refractivity contribution is 5.77. The van der Waals surface area contributed by atoms with Crippen LogP contribution in [0.15, 0.2) is 0 Å². The minimum absolute atomic E-state index is 0.0605. The first-order valence-corrected chi connectivity index (χ1v) is 5.29. The molecule has 2 N–H and O–H groups in total. The molecule has 0 heterocycles. The van der Waals surface area contributed by atoms with Gasteiger partial charge in [0.1, 0.15) is 6.61 Å². The lowest BCUT2D eigenvalue weighted by Crippen LogP contribution is -2.34. The van der Waals surface area contributed by atoms with E-state index in [4.69, 9.17) is 10.5 Å². The lowest BCUT2D eigenvalue weighted by Gasteiger charge is -2.26. The van der Waals surface area contributed by atoms with Crippen LogP contribution in [0.3, 0.4) is 0 Å². The van der Waals surface area contributed by atoms with Crippen LogP contribution < -0.4 is 5.73 Å². The van der Waals surface area contributed by atoms with Gasteiger partial charge >= 0.3 is 0 Å². The molecule has 4 nitrogen and oxygen atoms in total. The van der Waals surface area contributed by atoms with Crippen LogP contribution in [-0.4, -0.2) is 43.7 Å². The Bertz CT molecular complexity index is 181. The smallest absolute Gasteiger partial charge is 0.248 e. The summed E-state index contributed by atoms with van der Waals surface area (Å²) in [5.74, 6) is 0.0605. The van der Waals surface area contributed by atoms with Crippen LogP contribution in [0.2, 0.25) is 0 Å². The van der Waals surface area contributed by atoms with Gasteiger partial charge in [-0.2, -0.15) is 0 Å². The van der Waals surface area contributed by atoms with Crippen LogP contribution in [-0.2, 0) is 9.53 Å². The van der Waals surface area contributed by atoms with E-state index in [1.807, 2.05) is 0 Å². The van der Waals surface area contributed by atoms with E-state index in [9.17, 15) is 4.79 Å². The van der Waals surface area contributed by atoms with Gasteiger partial charge in [0.2, 0.25) is 5.91 Å². The fraction of sp³-hybridized carbons (Fsp3) is 0.900. The largest absolute Gasteiger partial charge is 0.368 e. The molecule has 0 radical (unpaired) electrons. The van der Waals surface area contributed by atoms with Gasteiger partial charge in [0.15, 0.2) is 0 Å². The van der Waals surface area contributed by atoms with Crippen molar-refractivity contribution >= 4 is 5.91 Å². The summed E-state index contributed by atoms with van der Waals surface area (Å²) in [6, 6.07) is 0. The minimum atomic E-state index is 0.0605. The van der Waals surface area contributed by atoms with Crippen LogP contribution in [0.25, 0.3) is 0 Å². The molecule has 4 heteroatoms. The van der Waals surface area contributed by atoms with E-state index < -0.39 is 0 Å². The fourth-order valence-electron chi connectivity index (χ4n) is 1.29. The molecular weight excluding hydrogens is 180 g/mol. The summed E-state index contributed by atoms with van der Waals surface area (Å²) >= 11 is 0. The first-order chi connectivity index (χ1) is 6.74. The third-order valence-corrected chi connectivity index (χ3v) is 2.62. The summed E-state index contributed by atoms with van der Waals surface area (Å²) in [5.41, 5.74) is 5.36. The van der Waals surface area contributed by atoms with Crippen LogP contribution >= 0.6 is 0 Å². The molecule has 0 spiro atoms. The average molecular weight is 200 g/mol. The molecule has 0 aromatic heterocycles. The van der Waals surface area contributed by atoms with Gasteiger partial charge in [0.25, 0.3) is 0 Å². The molecule has 0 unspecified atom stereocenters. The lowest BCUT2D eigenvalue weighted by atomic mass is 9.96. The highest BCUT2D eigenvalue weighted by atomic mass is 16.5. The molecule has 0 atom stereocenters. The number of carbonyl (C=O) groups is 1. The molecule has 1 fully saturated rings. The van der Waals surface area contributed by atoms with Gasteiger partial charge in [0, 0.05) is 13.6 Å². The van der Waals surface area contributed by atoms with Crippen LogP contribution in [0.4, 0.5) is 0 Å². The van der Waals surface area contributed by atoms with Crippen molar-refractivity contribution in [2.45, 2.75) is 31.8 Å². The van der Waals surface area contributed by atoms with Gasteiger partial charge in [-0.05, 0) is 32.2 Å². The molecule has 82 valence electrons. The number of hydrogen-bond donors (Lipinski definition) is 1. The predicted octanol–water partition coefficient (Wildman–Crippen LogP) is 0.363. The van der Waals surface area contributed by atoms with Crippen molar-refractivity contribution in [1.29, 1.82) is 0 Å². The SMILES string of the molecule is CN(CCCN)C(=O)COC1CCC1. The van der Waals surface area contributed by atoms with Gasteiger partial charge in [0.05, 0.1) is 6.10 Å². The van der Waals surface area contributed by atoms with Crippen LogP contribution in [0, 0.1) is 0 Å². The zero-order valence-corrected chi connectivity index (χ0v) is 8.87. The van der Waals surface area contributed by atoms with Crippen molar-refractivity contribution in [3.8, 4) is 0 Å². The Balaban J connectivity index is 2.06. The Morgan fingerprint density at radius 1 is 1.57 bits per heavy atom. The molecule has 14 heavy (non-hydrogen) atoms. The van der Waals surface area contributed by atoms with Crippen LogP contribution in [0.1, 0.15) is 25.7 Å². The summed E-state index contributed by atoms with van der Waals surface area (Å²) in [6.07, 6.45) is 4.65. The standard InChI is InChI=1S/C10H20N2O2/c1-12(7-3-6-11)10(13)8-14-9-4-2-5-9/h9H,2-8,11H2,1H3. The summed E-state index contributed by atoms with van der Waals surface area (Å²) in [5, 5.41) is 0. The molecule has 0 aliphatic heterocycles. The van der Waals surface area contributed by atoms with E-state index in [2.05, 4.69) is 0 Å². The molecule has 1 aliphatic carbocycles. The van der Waals surface area contributed by atoms with E-state index in [1.165, 1.54) is 6.42 Å². The van der Waals surface area contributed by atoms with E-state index >= 15 is 0 Å². The number of carbonyl (C=O) groups excluding carboxylic acids is 1. The van der Waals surface area contributed by atoms with Gasteiger partial charge in [-0.1, -0.05) is 0 Å². The third kappa shape index (κ3) is 3.64. The second-order valence-corrected chi connectivity index (χ2v) is 3.82. The molecule has 0 aromatic carbocycles. The number of amides is 1. The summed E-state index contributed by atoms with van der Waals surface area (Å²) in [7, 11) is 1.79. The highest BCUT2D eigenvalue weighted by Crippen LogP contribution is 2.21. The molecule has 0 saturated heterocycles. The second-order valence-electron chi connectivity index (χ2n) is 3.82. The van der Waals surface area contributed by atoms with Crippen molar-refractivity contribution < 1.29 is 9.53 Å². The second kappa shape index (κ2) is 5.98. The summed E-state index contributed by atoms with van der Waals surface area (Å²) in [4.78, 5) is 13.1. The minimum Gasteiger partial charge on any atom is -0.368 e. The van der Waals surface area contributed by atoms with Crippen molar-refractivity contribution in [1.82, 2.24) is 4.90 Å². The number of likely N-dealkylation sites (N-methyl/N-ethyl adjacent to an activating group) is 1. The molecule has 1 aliphatic rings. The highest BCUT2D eigenvalue weighted by Gasteiger charge is 2.19. The van der Waals surface area contributed by atoms with Crippen molar-refractivity contribution in [2.75, 3.05) is 26.7 Å². The zero-order chi connectivity index (χ0) is 10.4. The van der Waals surface area contributed by atoms with Gasteiger partial charge in [-0.25, -0.2) is 0 Å². The topological polar surface area (TPSA) is 55.6 Å². The normalized spacial score (nSPS) is 16.4. The number of nitrogens with two attached hydrogens (primary N) is 1. The van der Waals surface area contributed by atoms with Crippen LogP contribution in [0.5, 0.6) is 0 Å². The molecule has 0 bridgehead atoms. The first kappa shape index (κ1) is 11.5. The predicted molar refractivity (Wildman–Crippen MR) is 54.9 cm³/mol. The van der Waals surface area contributed by atoms with E-state index in [0.29, 0.717) is 12.6 Å². The lowest BCUT2D eigenvalue weighted by molar-refractivity contribution is -0.138. The maximum atomic E-state index is 11.5. The number of nitrogens with zero attached hydrogens (tertiary/aromatic N) is 1. The van der Waals surface area contributed by atoms with E-state index in [-0.39, 0.29) is 12.5 Å². The maximum Gasteiger partial charge on any atom is 0.248 e. The average Bonchev–Trinajstić information content (AvgIpc) is 2.11. The Morgan fingerprint density at radius 3 is 2.79 bits per heavy atom. The molecule has 1 saturated carbocycles. The molecule has 1 rings (SSSR count). The third-order valence-electron chi connectivity index (χ3n) is 2.62. The quantitative estimate of drug-likeness (QED) is 0.673. The molecule has 1 amide bonds. The number of rotatable bonds is 6.